The first-order valence-electron chi connectivity index (χ1n) is 5.82. The molecule has 12 heavy (non-hydrogen) atoms. The summed E-state index contributed by atoms with van der Waals surface area (Å²) in [7, 11) is 0. The Labute approximate surface area is 75.7 Å². The molecule has 0 radical (unpaired) electrons. The molecule has 0 heterocycles. The van der Waals surface area contributed by atoms with Gasteiger partial charge in [-0.2, -0.15) is 0 Å². The molecule has 3 saturated carbocycles. The fourth-order valence-corrected chi connectivity index (χ4v) is 4.69. The molecule has 0 aliphatic heterocycles. The zero-order valence-electron chi connectivity index (χ0n) is 8.18. The first-order chi connectivity index (χ1) is 5.82. The maximum absolute atomic E-state index is 2.43. The van der Waals surface area contributed by atoms with Gasteiger partial charge in [-0.05, 0) is 55.3 Å². The maximum Gasteiger partial charge on any atom is -0.0266 e. The van der Waals surface area contributed by atoms with E-state index in [1.807, 2.05) is 0 Å². The molecule has 4 atom stereocenters. The summed E-state index contributed by atoms with van der Waals surface area (Å²) in [4.78, 5) is 0. The Kier molecular flexibility index (Phi) is 1.40. The van der Waals surface area contributed by atoms with Crippen LogP contribution in [-0.2, 0) is 0 Å². The van der Waals surface area contributed by atoms with Crippen LogP contribution >= 0.6 is 0 Å². The molecule has 3 fully saturated rings. The number of rotatable bonds is 1. The van der Waals surface area contributed by atoms with Gasteiger partial charge in [-0.15, -0.1) is 0 Å². The second-order valence-electron chi connectivity index (χ2n) is 5.60. The average molecular weight is 164 g/mol. The lowest BCUT2D eigenvalue weighted by atomic mass is 9.60. The molecule has 0 aromatic carbocycles. The Morgan fingerprint density at radius 2 is 1.92 bits per heavy atom. The Balaban J connectivity index is 1.96. The van der Waals surface area contributed by atoms with Crippen LogP contribution < -0.4 is 0 Å². The van der Waals surface area contributed by atoms with Crippen LogP contribution in [-0.4, -0.2) is 0 Å². The first kappa shape index (κ1) is 7.41. The molecule has 3 aliphatic carbocycles. The highest BCUT2D eigenvalue weighted by atomic mass is 14.6. The van der Waals surface area contributed by atoms with Crippen LogP contribution in [0.4, 0.5) is 0 Å². The van der Waals surface area contributed by atoms with Crippen LogP contribution in [0.15, 0.2) is 0 Å². The number of hydrogen-bond acceptors (Lipinski definition) is 0. The third kappa shape index (κ3) is 0.791. The van der Waals surface area contributed by atoms with Crippen molar-refractivity contribution in [1.29, 1.82) is 0 Å². The molecule has 0 amide bonds. The Hall–Kier alpha value is 0. The molecule has 3 aliphatic rings. The van der Waals surface area contributed by atoms with Crippen LogP contribution in [0.3, 0.4) is 0 Å². The van der Waals surface area contributed by atoms with Gasteiger partial charge in [0.2, 0.25) is 0 Å². The van der Waals surface area contributed by atoms with E-state index in [1.54, 1.807) is 38.5 Å². The van der Waals surface area contributed by atoms with Gasteiger partial charge in [0.25, 0.3) is 0 Å². The molecule has 3 rings (SSSR count). The van der Waals surface area contributed by atoms with E-state index in [9.17, 15) is 0 Å². The molecule has 0 aromatic rings. The van der Waals surface area contributed by atoms with E-state index in [0.717, 1.165) is 23.2 Å². The monoisotopic (exact) mass is 164 g/mol. The summed E-state index contributed by atoms with van der Waals surface area (Å²) in [6.45, 7) is 2.43. The fourth-order valence-electron chi connectivity index (χ4n) is 4.69. The van der Waals surface area contributed by atoms with Crippen LogP contribution in [0.5, 0.6) is 0 Å². The quantitative estimate of drug-likeness (QED) is 0.555. The van der Waals surface area contributed by atoms with Gasteiger partial charge in [-0.1, -0.05) is 19.8 Å². The summed E-state index contributed by atoms with van der Waals surface area (Å²) in [5.41, 5.74) is 0.853. The third-order valence-electron chi connectivity index (χ3n) is 5.17. The van der Waals surface area contributed by atoms with Crippen molar-refractivity contribution < 1.29 is 0 Å². The van der Waals surface area contributed by atoms with E-state index in [-0.39, 0.29) is 0 Å². The standard InChI is InChI=1S/C12H20/c1-2-12-7-9-3-4-11(12)6-10(5-9)8-12/h9-11H,2-8H2,1H3. The van der Waals surface area contributed by atoms with E-state index in [4.69, 9.17) is 0 Å². The topological polar surface area (TPSA) is 0 Å². The highest BCUT2D eigenvalue weighted by molar-refractivity contribution is 5.03. The summed E-state index contributed by atoms with van der Waals surface area (Å²) < 4.78 is 0. The van der Waals surface area contributed by atoms with Crippen molar-refractivity contribution in [3.8, 4) is 0 Å². The lowest BCUT2D eigenvalue weighted by Crippen LogP contribution is -2.34. The highest BCUT2D eigenvalue weighted by Crippen LogP contribution is 2.63. The van der Waals surface area contributed by atoms with Crippen molar-refractivity contribution in [2.24, 2.45) is 23.2 Å². The summed E-state index contributed by atoms with van der Waals surface area (Å²) >= 11 is 0. The van der Waals surface area contributed by atoms with Crippen LogP contribution in [0.2, 0.25) is 0 Å². The second kappa shape index (κ2) is 2.27. The summed E-state index contributed by atoms with van der Waals surface area (Å²) in [5.74, 6) is 3.44. The molecular weight excluding hydrogens is 144 g/mol. The van der Waals surface area contributed by atoms with Gasteiger partial charge in [-0.3, -0.25) is 0 Å². The molecule has 0 heteroatoms. The molecular formula is C12H20. The van der Waals surface area contributed by atoms with Crippen molar-refractivity contribution in [2.75, 3.05) is 0 Å². The van der Waals surface area contributed by atoms with Gasteiger partial charge in [0, 0.05) is 0 Å². The minimum atomic E-state index is 0.853. The molecule has 68 valence electrons. The van der Waals surface area contributed by atoms with Gasteiger partial charge >= 0.3 is 0 Å². The predicted molar refractivity (Wildman–Crippen MR) is 50.9 cm³/mol. The van der Waals surface area contributed by atoms with Gasteiger partial charge < -0.3 is 0 Å². The smallest absolute Gasteiger partial charge is 0.0266 e. The van der Waals surface area contributed by atoms with Gasteiger partial charge in [-0.25, -0.2) is 0 Å². The Bertz CT molecular complexity index is 196. The predicted octanol–water partition coefficient (Wildman–Crippen LogP) is 3.61. The van der Waals surface area contributed by atoms with Gasteiger partial charge in [0.15, 0.2) is 0 Å². The Morgan fingerprint density at radius 1 is 1.08 bits per heavy atom. The highest BCUT2D eigenvalue weighted by Gasteiger charge is 2.53. The van der Waals surface area contributed by atoms with E-state index >= 15 is 0 Å². The van der Waals surface area contributed by atoms with Crippen LogP contribution in [0, 0.1) is 23.2 Å². The fraction of sp³-hybridized carbons (Fsp3) is 1.00. The Morgan fingerprint density at radius 3 is 2.75 bits per heavy atom. The molecule has 0 saturated heterocycles. The van der Waals surface area contributed by atoms with Crippen molar-refractivity contribution in [3.63, 3.8) is 0 Å². The number of fused-ring (bicyclic) bond motifs is 2. The lowest BCUT2D eigenvalue weighted by molar-refractivity contribution is 0.0571. The van der Waals surface area contributed by atoms with Crippen molar-refractivity contribution in [3.05, 3.63) is 0 Å². The number of hydrogen-bond donors (Lipinski definition) is 0. The summed E-state index contributed by atoms with van der Waals surface area (Å²) in [6, 6.07) is 0. The molecule has 0 aromatic heterocycles. The van der Waals surface area contributed by atoms with Crippen molar-refractivity contribution in [2.45, 2.75) is 51.9 Å². The van der Waals surface area contributed by atoms with E-state index in [1.165, 1.54) is 6.42 Å². The van der Waals surface area contributed by atoms with Crippen molar-refractivity contribution in [1.82, 2.24) is 0 Å². The molecule has 4 unspecified atom stereocenters. The minimum absolute atomic E-state index is 0.853. The summed E-state index contributed by atoms with van der Waals surface area (Å²) in [6.07, 6.45) is 11.0. The SMILES string of the molecule is CCC12CC3CCC1CC(C3)C2. The first-order valence-corrected chi connectivity index (χ1v) is 5.82. The summed E-state index contributed by atoms with van der Waals surface area (Å²) in [5, 5.41) is 0. The zero-order valence-corrected chi connectivity index (χ0v) is 8.18. The zero-order chi connectivity index (χ0) is 8.18. The lowest BCUT2D eigenvalue weighted by Gasteiger charge is -2.45. The maximum atomic E-state index is 2.43. The van der Waals surface area contributed by atoms with Crippen LogP contribution in [0.1, 0.15) is 51.9 Å². The third-order valence-corrected chi connectivity index (χ3v) is 5.17. The second-order valence-corrected chi connectivity index (χ2v) is 5.60. The van der Waals surface area contributed by atoms with Crippen molar-refractivity contribution >= 4 is 0 Å². The molecule has 0 N–H and O–H groups in total. The largest absolute Gasteiger partial charge is 0.0648 e. The van der Waals surface area contributed by atoms with E-state index < -0.39 is 0 Å². The van der Waals surface area contributed by atoms with Gasteiger partial charge in [0.1, 0.15) is 0 Å². The van der Waals surface area contributed by atoms with E-state index in [2.05, 4.69) is 6.92 Å². The normalized spacial score (nSPS) is 56.2. The molecule has 0 nitrogen and oxygen atoms in total. The molecule has 0 spiro atoms. The van der Waals surface area contributed by atoms with Gasteiger partial charge in [0.05, 0.1) is 0 Å². The van der Waals surface area contributed by atoms with Crippen LogP contribution in [0.25, 0.3) is 0 Å². The minimum Gasteiger partial charge on any atom is -0.0648 e. The van der Waals surface area contributed by atoms with E-state index in [0.29, 0.717) is 0 Å². The average Bonchev–Trinajstić information content (AvgIpc) is 2.23. The molecule has 3 bridgehead atoms.